The lowest BCUT2D eigenvalue weighted by atomic mass is 10.4. The molecule has 1 aromatic heterocycles. The van der Waals surface area contributed by atoms with Gasteiger partial charge in [0.05, 0.1) is 0 Å². The number of halogens is 2. The van der Waals surface area contributed by atoms with E-state index in [0.29, 0.717) is 5.75 Å². The highest BCUT2D eigenvalue weighted by molar-refractivity contribution is 7.99. The quantitative estimate of drug-likeness (QED) is 0.798. The van der Waals surface area contributed by atoms with Crippen LogP contribution in [0.15, 0.2) is 11.1 Å². The third kappa shape index (κ3) is 4.12. The maximum Gasteiger partial charge on any atom is 0.168 e. The summed E-state index contributed by atoms with van der Waals surface area (Å²) in [7, 11) is 0. The number of thioether (sulfide) groups is 1. The van der Waals surface area contributed by atoms with Crippen LogP contribution in [0.4, 0.5) is 14.6 Å². The Morgan fingerprint density at radius 3 is 2.53 bits per heavy atom. The van der Waals surface area contributed by atoms with E-state index in [9.17, 15) is 8.78 Å². The summed E-state index contributed by atoms with van der Waals surface area (Å²) in [5.41, 5.74) is 5.30. The zero-order valence-electron chi connectivity index (χ0n) is 10.0. The van der Waals surface area contributed by atoms with Gasteiger partial charge in [0.25, 0.3) is 0 Å². The van der Waals surface area contributed by atoms with Crippen molar-refractivity contribution in [3.05, 3.63) is 17.7 Å². The van der Waals surface area contributed by atoms with E-state index in [1.165, 1.54) is 11.8 Å². The molecule has 0 aromatic carbocycles. The van der Waals surface area contributed by atoms with Crippen molar-refractivity contribution >= 4 is 17.6 Å². The van der Waals surface area contributed by atoms with Crippen LogP contribution in [0.1, 0.15) is 13.8 Å². The molecule has 0 spiro atoms. The van der Waals surface area contributed by atoms with Gasteiger partial charge in [-0.1, -0.05) is 13.8 Å². The molecule has 0 saturated carbocycles. The van der Waals surface area contributed by atoms with Crippen molar-refractivity contribution in [1.29, 1.82) is 0 Å². The zero-order chi connectivity index (χ0) is 12.8. The summed E-state index contributed by atoms with van der Waals surface area (Å²) in [5.74, 6) is -1.01. The molecule has 1 heterocycles. The second-order valence-corrected chi connectivity index (χ2v) is 4.60. The molecule has 96 valence electrons. The second-order valence-electron chi connectivity index (χ2n) is 3.52. The average molecular weight is 261 g/mol. The first-order chi connectivity index (χ1) is 8.08. The predicted molar refractivity (Wildman–Crippen MR) is 67.1 cm³/mol. The molecular weight excluding hydrogens is 244 g/mol. The van der Waals surface area contributed by atoms with Gasteiger partial charge < -0.3 is 10.6 Å². The van der Waals surface area contributed by atoms with E-state index in [1.807, 2.05) is 0 Å². The van der Waals surface area contributed by atoms with Gasteiger partial charge in [0.15, 0.2) is 17.5 Å². The molecule has 0 radical (unpaired) electrons. The van der Waals surface area contributed by atoms with Crippen LogP contribution in [0.25, 0.3) is 0 Å². The molecule has 0 bridgehead atoms. The fraction of sp³-hybridized carbons (Fsp3) is 0.545. The Balaban J connectivity index is 2.55. The molecule has 3 nitrogen and oxygen atoms in total. The molecule has 0 amide bonds. The summed E-state index contributed by atoms with van der Waals surface area (Å²) in [4.78, 5) is 5.91. The molecule has 2 N–H and O–H groups in total. The first-order valence-electron chi connectivity index (χ1n) is 5.55. The number of pyridine rings is 1. The summed E-state index contributed by atoms with van der Waals surface area (Å²) in [6.45, 7) is 6.90. The van der Waals surface area contributed by atoms with E-state index < -0.39 is 11.6 Å². The lowest BCUT2D eigenvalue weighted by Gasteiger charge is -2.17. The number of nitrogens with two attached hydrogens (primary N) is 1. The highest BCUT2D eigenvalue weighted by Gasteiger charge is 2.10. The Hall–Kier alpha value is -0.880. The first kappa shape index (κ1) is 14.2. The van der Waals surface area contributed by atoms with Crippen LogP contribution in [0.5, 0.6) is 0 Å². The lowest BCUT2D eigenvalue weighted by Crippen LogP contribution is -2.25. The van der Waals surface area contributed by atoms with Crippen LogP contribution in [-0.2, 0) is 0 Å². The van der Waals surface area contributed by atoms with E-state index in [1.54, 1.807) is 0 Å². The molecule has 0 aliphatic heterocycles. The number of rotatable bonds is 6. The minimum absolute atomic E-state index is 0.163. The number of aromatic nitrogens is 1. The topological polar surface area (TPSA) is 42.2 Å². The van der Waals surface area contributed by atoms with Crippen molar-refractivity contribution in [2.45, 2.75) is 18.9 Å². The Morgan fingerprint density at radius 2 is 1.94 bits per heavy atom. The molecule has 0 fully saturated rings. The van der Waals surface area contributed by atoms with Crippen molar-refractivity contribution in [3.63, 3.8) is 0 Å². The van der Waals surface area contributed by atoms with Crippen LogP contribution < -0.4 is 5.73 Å². The average Bonchev–Trinajstić information content (AvgIpc) is 2.31. The molecule has 0 aliphatic rings. The van der Waals surface area contributed by atoms with E-state index >= 15 is 0 Å². The smallest absolute Gasteiger partial charge is 0.168 e. The number of hydrogen-bond donors (Lipinski definition) is 1. The number of hydrogen-bond acceptors (Lipinski definition) is 4. The second kappa shape index (κ2) is 6.76. The standard InChI is InChI=1S/C11H17F2N3S/c1-3-16(4-2)5-6-17-11-9(13)7-8(12)10(14)15-11/h7H,3-6H2,1-2H3,(H2,14,15). The zero-order valence-corrected chi connectivity index (χ0v) is 10.9. The first-order valence-corrected chi connectivity index (χ1v) is 6.53. The molecular formula is C11H17F2N3S. The van der Waals surface area contributed by atoms with E-state index in [4.69, 9.17) is 5.73 Å². The fourth-order valence-corrected chi connectivity index (χ4v) is 2.28. The Kier molecular flexibility index (Phi) is 5.64. The molecule has 1 aromatic rings. The van der Waals surface area contributed by atoms with Gasteiger partial charge in [-0.25, -0.2) is 13.8 Å². The van der Waals surface area contributed by atoms with Crippen LogP contribution in [-0.4, -0.2) is 35.3 Å². The third-order valence-electron chi connectivity index (χ3n) is 2.47. The molecule has 0 unspecified atom stereocenters. The van der Waals surface area contributed by atoms with Crippen molar-refractivity contribution in [2.24, 2.45) is 0 Å². The molecule has 0 atom stereocenters. The van der Waals surface area contributed by atoms with E-state index in [2.05, 4.69) is 23.7 Å². The van der Waals surface area contributed by atoms with Gasteiger partial charge in [0.1, 0.15) is 5.03 Å². The number of nitrogens with zero attached hydrogens (tertiary/aromatic N) is 2. The predicted octanol–water partition coefficient (Wildman–Crippen LogP) is 2.38. The van der Waals surface area contributed by atoms with Crippen LogP contribution >= 0.6 is 11.8 Å². The summed E-state index contributed by atoms with van der Waals surface area (Å²) in [5, 5.41) is 0.163. The molecule has 1 rings (SSSR count). The maximum absolute atomic E-state index is 13.3. The van der Waals surface area contributed by atoms with Crippen molar-refractivity contribution in [3.8, 4) is 0 Å². The highest BCUT2D eigenvalue weighted by atomic mass is 32.2. The summed E-state index contributed by atoms with van der Waals surface area (Å²) < 4.78 is 26.2. The highest BCUT2D eigenvalue weighted by Crippen LogP contribution is 2.22. The monoisotopic (exact) mass is 261 g/mol. The minimum atomic E-state index is -0.810. The Bertz CT molecular complexity index is 370. The minimum Gasteiger partial charge on any atom is -0.381 e. The van der Waals surface area contributed by atoms with Gasteiger partial charge in [0, 0.05) is 18.4 Å². The third-order valence-corrected chi connectivity index (χ3v) is 3.41. The van der Waals surface area contributed by atoms with E-state index in [-0.39, 0.29) is 10.8 Å². The van der Waals surface area contributed by atoms with Gasteiger partial charge in [-0.15, -0.1) is 11.8 Å². The summed E-state index contributed by atoms with van der Waals surface area (Å²) in [6.07, 6.45) is 0. The van der Waals surface area contributed by atoms with Crippen molar-refractivity contribution < 1.29 is 8.78 Å². The Morgan fingerprint density at radius 1 is 1.29 bits per heavy atom. The number of anilines is 1. The normalized spacial score (nSPS) is 11.1. The van der Waals surface area contributed by atoms with E-state index in [0.717, 1.165) is 25.7 Å². The van der Waals surface area contributed by atoms with Crippen molar-refractivity contribution in [1.82, 2.24) is 9.88 Å². The van der Waals surface area contributed by atoms with Gasteiger partial charge in [-0.2, -0.15) is 0 Å². The largest absolute Gasteiger partial charge is 0.381 e. The Labute approximate surface area is 104 Å². The van der Waals surface area contributed by atoms with Gasteiger partial charge in [-0.05, 0) is 13.1 Å². The van der Waals surface area contributed by atoms with Crippen LogP contribution in [0, 0.1) is 11.6 Å². The summed E-state index contributed by atoms with van der Waals surface area (Å²) in [6, 6.07) is 0.780. The fourth-order valence-electron chi connectivity index (χ4n) is 1.38. The maximum atomic E-state index is 13.3. The van der Waals surface area contributed by atoms with Gasteiger partial charge >= 0.3 is 0 Å². The molecule has 0 aliphatic carbocycles. The lowest BCUT2D eigenvalue weighted by molar-refractivity contribution is 0.324. The molecule has 17 heavy (non-hydrogen) atoms. The van der Waals surface area contributed by atoms with Crippen LogP contribution in [0.2, 0.25) is 0 Å². The molecule has 6 heteroatoms. The van der Waals surface area contributed by atoms with Gasteiger partial charge in [-0.3, -0.25) is 0 Å². The number of nitrogen functional groups attached to an aromatic ring is 1. The van der Waals surface area contributed by atoms with Crippen molar-refractivity contribution in [2.75, 3.05) is 31.1 Å². The molecule has 0 saturated heterocycles. The van der Waals surface area contributed by atoms with Gasteiger partial charge in [0.2, 0.25) is 0 Å². The summed E-state index contributed by atoms with van der Waals surface area (Å²) >= 11 is 1.25. The SMILES string of the molecule is CCN(CC)CCSc1nc(N)c(F)cc1F. The van der Waals surface area contributed by atoms with Crippen LogP contribution in [0.3, 0.4) is 0 Å².